The molecule has 25 heavy (non-hydrogen) atoms. The van der Waals surface area contributed by atoms with Crippen molar-refractivity contribution in [3.05, 3.63) is 57.6 Å². The van der Waals surface area contributed by atoms with Crippen molar-refractivity contribution in [2.24, 2.45) is 0 Å². The summed E-state index contributed by atoms with van der Waals surface area (Å²) in [6, 6.07) is 11.2. The van der Waals surface area contributed by atoms with E-state index in [4.69, 9.17) is 4.74 Å². The van der Waals surface area contributed by atoms with Gasteiger partial charge in [0.1, 0.15) is 5.75 Å². The Morgan fingerprint density at radius 3 is 2.64 bits per heavy atom. The highest BCUT2D eigenvalue weighted by Crippen LogP contribution is 2.45. The number of hydrogen-bond donors (Lipinski definition) is 0. The lowest BCUT2D eigenvalue weighted by molar-refractivity contribution is 0.390. The molecule has 1 saturated heterocycles. The smallest absolute Gasteiger partial charge is 0.244 e. The van der Waals surface area contributed by atoms with Crippen LogP contribution in [0.15, 0.2) is 45.8 Å². The molecule has 3 rings (SSSR count). The fourth-order valence-corrected chi connectivity index (χ4v) is 6.89. The number of benzene rings is 2. The predicted octanol–water partition coefficient (Wildman–Crippen LogP) is 4.51. The van der Waals surface area contributed by atoms with Crippen molar-refractivity contribution in [2.75, 3.05) is 19.4 Å². The van der Waals surface area contributed by atoms with Gasteiger partial charge >= 0.3 is 0 Å². The maximum Gasteiger partial charge on any atom is 0.244 e. The first-order valence-corrected chi connectivity index (χ1v) is 11.2. The average molecular weight is 442 g/mol. The molecule has 4 nitrogen and oxygen atoms in total. The molecule has 1 unspecified atom stereocenters. The summed E-state index contributed by atoms with van der Waals surface area (Å²) in [6.45, 7) is 4.29. The van der Waals surface area contributed by atoms with Crippen LogP contribution in [0.25, 0.3) is 0 Å². The first kappa shape index (κ1) is 18.8. The lowest BCUT2D eigenvalue weighted by Crippen LogP contribution is -2.31. The van der Waals surface area contributed by atoms with Crippen LogP contribution in [0.3, 0.4) is 0 Å². The van der Waals surface area contributed by atoms with Gasteiger partial charge in [0.15, 0.2) is 0 Å². The first-order chi connectivity index (χ1) is 11.8. The second-order valence-electron chi connectivity index (χ2n) is 5.99. The maximum atomic E-state index is 13.3. The van der Waals surface area contributed by atoms with E-state index in [1.807, 2.05) is 44.2 Å². The highest BCUT2D eigenvalue weighted by atomic mass is 79.9. The van der Waals surface area contributed by atoms with Crippen LogP contribution < -0.4 is 4.74 Å². The van der Waals surface area contributed by atoms with E-state index >= 15 is 0 Å². The molecule has 0 aromatic heterocycles. The second kappa shape index (κ2) is 7.31. The van der Waals surface area contributed by atoms with Crippen molar-refractivity contribution >= 4 is 37.7 Å². The summed E-state index contributed by atoms with van der Waals surface area (Å²) >= 11 is 5.09. The number of nitrogens with zero attached hydrogens (tertiary/aromatic N) is 1. The van der Waals surface area contributed by atoms with E-state index in [1.54, 1.807) is 29.2 Å². The van der Waals surface area contributed by atoms with Crippen LogP contribution in [0.5, 0.6) is 5.75 Å². The van der Waals surface area contributed by atoms with Crippen molar-refractivity contribution in [2.45, 2.75) is 24.1 Å². The van der Waals surface area contributed by atoms with Gasteiger partial charge in [0.2, 0.25) is 10.0 Å². The Morgan fingerprint density at radius 2 is 1.96 bits per heavy atom. The van der Waals surface area contributed by atoms with E-state index in [0.29, 0.717) is 17.2 Å². The van der Waals surface area contributed by atoms with Crippen LogP contribution >= 0.6 is 27.7 Å². The van der Waals surface area contributed by atoms with Crippen LogP contribution in [0.4, 0.5) is 0 Å². The van der Waals surface area contributed by atoms with Crippen molar-refractivity contribution in [1.29, 1.82) is 0 Å². The fourth-order valence-electron chi connectivity index (χ4n) is 3.06. The molecule has 0 bridgehead atoms. The number of thioether (sulfide) groups is 1. The number of sulfonamides is 1. The first-order valence-electron chi connectivity index (χ1n) is 7.88. The third-order valence-electron chi connectivity index (χ3n) is 4.22. The van der Waals surface area contributed by atoms with Gasteiger partial charge in [-0.15, -0.1) is 11.8 Å². The zero-order chi connectivity index (χ0) is 18.2. The van der Waals surface area contributed by atoms with Crippen LogP contribution in [0, 0.1) is 13.8 Å². The number of methoxy groups -OCH3 is 1. The molecule has 1 aliphatic rings. The lowest BCUT2D eigenvalue weighted by Gasteiger charge is -2.25. The molecule has 0 saturated carbocycles. The molecule has 0 N–H and O–H groups in total. The Labute approximate surface area is 161 Å². The molecule has 2 aromatic rings. The molecule has 1 heterocycles. The van der Waals surface area contributed by atoms with Crippen LogP contribution in [-0.2, 0) is 10.0 Å². The third kappa shape index (κ3) is 3.60. The molecular weight excluding hydrogens is 422 g/mol. The van der Waals surface area contributed by atoms with Gasteiger partial charge in [0.05, 0.1) is 17.4 Å². The predicted molar refractivity (Wildman–Crippen MR) is 106 cm³/mol. The quantitative estimate of drug-likeness (QED) is 0.699. The number of rotatable bonds is 4. The minimum absolute atomic E-state index is 0.293. The van der Waals surface area contributed by atoms with Gasteiger partial charge in [-0.3, -0.25) is 0 Å². The topological polar surface area (TPSA) is 46.6 Å². The van der Waals surface area contributed by atoms with Crippen molar-refractivity contribution in [3.8, 4) is 5.75 Å². The Bertz CT molecular complexity index is 899. The van der Waals surface area contributed by atoms with Gasteiger partial charge in [-0.1, -0.05) is 33.6 Å². The number of aryl methyl sites for hydroxylation is 2. The van der Waals surface area contributed by atoms with E-state index in [-0.39, 0.29) is 5.37 Å². The summed E-state index contributed by atoms with van der Waals surface area (Å²) in [5.41, 5.74) is 2.70. The summed E-state index contributed by atoms with van der Waals surface area (Å²) in [5.74, 6) is 1.45. The van der Waals surface area contributed by atoms with E-state index < -0.39 is 10.0 Å². The summed E-state index contributed by atoms with van der Waals surface area (Å²) in [5, 5.41) is -0.293. The SMILES string of the molecule is COc1ccc(Br)cc1C1SCCN1S(=O)(=O)c1ccc(C)cc1C. The summed E-state index contributed by atoms with van der Waals surface area (Å²) in [4.78, 5) is 0.375. The van der Waals surface area contributed by atoms with Crippen LogP contribution in [0.2, 0.25) is 0 Å². The summed E-state index contributed by atoms with van der Waals surface area (Å²) < 4.78 is 34.5. The van der Waals surface area contributed by atoms with E-state index in [2.05, 4.69) is 15.9 Å². The second-order valence-corrected chi connectivity index (χ2v) is 9.96. The van der Waals surface area contributed by atoms with Crippen molar-refractivity contribution in [1.82, 2.24) is 4.31 Å². The highest BCUT2D eigenvalue weighted by Gasteiger charge is 2.38. The Kier molecular flexibility index (Phi) is 5.48. The average Bonchev–Trinajstić information content (AvgIpc) is 3.04. The van der Waals surface area contributed by atoms with E-state index in [1.165, 1.54) is 0 Å². The maximum absolute atomic E-state index is 13.3. The molecule has 134 valence electrons. The molecule has 0 spiro atoms. The van der Waals surface area contributed by atoms with Gasteiger partial charge in [-0.25, -0.2) is 8.42 Å². The van der Waals surface area contributed by atoms with Crippen molar-refractivity contribution in [3.63, 3.8) is 0 Å². The van der Waals surface area contributed by atoms with Crippen molar-refractivity contribution < 1.29 is 13.2 Å². The molecule has 0 aliphatic carbocycles. The normalized spacial score (nSPS) is 18.5. The highest BCUT2D eigenvalue weighted by molar-refractivity contribution is 9.10. The largest absolute Gasteiger partial charge is 0.496 e. The van der Waals surface area contributed by atoms with Gasteiger partial charge in [-0.2, -0.15) is 4.31 Å². The molecule has 0 amide bonds. The third-order valence-corrected chi connectivity index (χ3v) is 8.12. The Hall–Kier alpha value is -1.02. The lowest BCUT2D eigenvalue weighted by atomic mass is 10.2. The monoisotopic (exact) mass is 441 g/mol. The van der Waals surface area contributed by atoms with Crippen LogP contribution in [0.1, 0.15) is 22.1 Å². The molecule has 7 heteroatoms. The Morgan fingerprint density at radius 1 is 1.20 bits per heavy atom. The molecule has 2 aromatic carbocycles. The Balaban J connectivity index is 2.06. The molecule has 1 aliphatic heterocycles. The molecule has 1 atom stereocenters. The molecule has 1 fully saturated rings. The minimum atomic E-state index is -3.58. The number of hydrogen-bond acceptors (Lipinski definition) is 4. The summed E-state index contributed by atoms with van der Waals surface area (Å²) in [6.07, 6.45) is 0. The van der Waals surface area contributed by atoms with Gasteiger partial charge in [0.25, 0.3) is 0 Å². The van der Waals surface area contributed by atoms with E-state index in [9.17, 15) is 8.42 Å². The summed E-state index contributed by atoms with van der Waals surface area (Å²) in [7, 11) is -1.97. The standard InChI is InChI=1S/C18H20BrNO3S2/c1-12-4-7-17(13(2)10-12)25(21,22)20-8-9-24-18(20)15-11-14(19)5-6-16(15)23-3/h4-7,10-11,18H,8-9H2,1-3H3. The minimum Gasteiger partial charge on any atom is -0.496 e. The van der Waals surface area contributed by atoms with Gasteiger partial charge in [-0.05, 0) is 43.7 Å². The number of halogens is 1. The van der Waals surface area contributed by atoms with Crippen LogP contribution in [-0.4, -0.2) is 32.1 Å². The molecule has 0 radical (unpaired) electrons. The number of ether oxygens (including phenoxy) is 1. The fraction of sp³-hybridized carbons (Fsp3) is 0.333. The van der Waals surface area contributed by atoms with Gasteiger partial charge < -0.3 is 4.74 Å². The zero-order valence-corrected chi connectivity index (χ0v) is 17.5. The van der Waals surface area contributed by atoms with Gasteiger partial charge in [0, 0.05) is 22.3 Å². The van der Waals surface area contributed by atoms with E-state index in [0.717, 1.165) is 26.9 Å². The molecular formula is C18H20BrNO3S2. The zero-order valence-electron chi connectivity index (χ0n) is 14.3.